The van der Waals surface area contributed by atoms with Crippen molar-refractivity contribution in [1.29, 1.82) is 0 Å². The number of aromatic nitrogens is 4. The maximum atomic E-state index is 13.9. The first-order valence-corrected chi connectivity index (χ1v) is 22.0. The van der Waals surface area contributed by atoms with Crippen LogP contribution >= 0.6 is 24.8 Å². The minimum Gasteiger partial charge on any atom is -0.453 e. The van der Waals surface area contributed by atoms with Crippen LogP contribution in [0.5, 0.6) is 0 Å². The van der Waals surface area contributed by atoms with Crippen LogP contribution in [0, 0.1) is 29.6 Å². The normalized spacial score (nSPS) is 16.2. The molecule has 352 valence electrons. The third kappa shape index (κ3) is 12.0. The predicted octanol–water partition coefficient (Wildman–Crippen LogP) is 8.82. The Kier molecular flexibility index (Phi) is 17.3. The quantitative estimate of drug-likeness (QED) is 0.101. The number of carbonyl (C=O) groups excluding carboxylic acids is 4. The summed E-state index contributed by atoms with van der Waals surface area (Å²) in [6.45, 7) is 11.4. The summed E-state index contributed by atoms with van der Waals surface area (Å²) in [5.41, 5.74) is 6.81. The number of imidazole rings is 2. The lowest BCUT2D eigenvalue weighted by Crippen LogP contribution is -2.51. The fraction of sp³-hybridized carbons (Fsp3) is 0.373. The van der Waals surface area contributed by atoms with Gasteiger partial charge in [0.15, 0.2) is 0 Å². The summed E-state index contributed by atoms with van der Waals surface area (Å²) < 4.78 is 9.63. The van der Waals surface area contributed by atoms with Crippen LogP contribution in [0.15, 0.2) is 85.2 Å². The van der Waals surface area contributed by atoms with Gasteiger partial charge in [0.2, 0.25) is 5.91 Å². The van der Waals surface area contributed by atoms with Crippen LogP contribution in [0.1, 0.15) is 112 Å². The van der Waals surface area contributed by atoms with Gasteiger partial charge >= 0.3 is 12.2 Å². The highest BCUT2D eigenvalue weighted by Crippen LogP contribution is 2.36. The van der Waals surface area contributed by atoms with Crippen molar-refractivity contribution >= 4 is 48.8 Å². The number of ether oxygens (including phenoxy) is 2. The molecule has 2 aliphatic rings. The molecule has 4 N–H and O–H groups in total. The van der Waals surface area contributed by atoms with Gasteiger partial charge in [-0.15, -0.1) is 24.8 Å². The van der Waals surface area contributed by atoms with Crippen LogP contribution in [-0.4, -0.2) is 87.1 Å². The van der Waals surface area contributed by atoms with E-state index >= 15 is 0 Å². The molecule has 7 rings (SSSR count). The Hall–Kier alpha value is -6.74. The van der Waals surface area contributed by atoms with Crippen LogP contribution in [0.25, 0.3) is 22.4 Å². The maximum Gasteiger partial charge on any atom is 0.407 e. The first kappa shape index (κ1) is 51.2. The number of aromatic amines is 2. The lowest BCUT2D eigenvalue weighted by atomic mass is 9.86. The number of nitrogens with zero attached hydrogens (tertiary/aromatic N) is 4. The fourth-order valence-electron chi connectivity index (χ4n) is 8.41. The molecule has 0 radical (unpaired) electrons. The van der Waals surface area contributed by atoms with E-state index in [0.717, 1.165) is 47.2 Å². The number of hydrogen-bond donors (Lipinski definition) is 4. The third-order valence-electron chi connectivity index (χ3n) is 12.0. The van der Waals surface area contributed by atoms with E-state index < -0.39 is 24.3 Å². The largest absolute Gasteiger partial charge is 0.453 e. The Balaban J connectivity index is 0.00000420. The number of alkyl carbamates (subject to hydrolysis) is 2. The van der Waals surface area contributed by atoms with Crippen molar-refractivity contribution in [3.8, 4) is 46.1 Å². The van der Waals surface area contributed by atoms with E-state index in [9.17, 15) is 19.2 Å². The second-order valence-corrected chi connectivity index (χ2v) is 17.7. The monoisotopic (exact) mass is 948 g/mol. The standard InChI is InChI=1S/C51H56N8O6.2ClH/c1-32(2)43(56-49(62)64-6)47(60)58-27-14-20-42(58)46-53-31-40(55-46)36-22-21-33(39(29-36)34-23-25-37(26-24-34)51(3,4)5)15-11-12-18-38-30-52-45(54-38)41-19-13-28-59(41)48(61)44(57-50(63)65-7)35-16-9-8-10-17-35;;/h8-10,16-17,21-26,29-32,41-44H,13-14,19-20,27-28H2,1-7H3,(H,52,54)(H,53,55)(H,56,62)(H,57,63);2*1H/t41?,42?,43-,44?;;/m0../s1. The van der Waals surface area contributed by atoms with E-state index in [-0.39, 0.29) is 60.0 Å². The van der Waals surface area contributed by atoms with Crippen LogP contribution < -0.4 is 10.6 Å². The van der Waals surface area contributed by atoms with Gasteiger partial charge in [0.05, 0.1) is 44.4 Å². The molecule has 14 nitrogen and oxygen atoms in total. The Labute approximate surface area is 404 Å². The number of halogens is 2. The maximum absolute atomic E-state index is 13.9. The highest BCUT2D eigenvalue weighted by Gasteiger charge is 2.39. The number of likely N-dealkylation sites (tertiary alicyclic amines) is 2. The lowest BCUT2D eigenvalue weighted by molar-refractivity contribution is -0.135. The summed E-state index contributed by atoms with van der Waals surface area (Å²) in [5.74, 6) is 13.1. The predicted molar refractivity (Wildman–Crippen MR) is 261 cm³/mol. The number of nitrogens with one attached hydrogen (secondary N) is 4. The van der Waals surface area contributed by atoms with Crippen molar-refractivity contribution in [3.05, 3.63) is 119 Å². The van der Waals surface area contributed by atoms with Crippen LogP contribution in [0.4, 0.5) is 9.59 Å². The molecule has 2 aliphatic heterocycles. The van der Waals surface area contributed by atoms with E-state index in [1.54, 1.807) is 34.3 Å². The second-order valence-electron chi connectivity index (χ2n) is 17.7. The number of methoxy groups -OCH3 is 2. The number of carbonyl (C=O) groups is 4. The highest BCUT2D eigenvalue weighted by atomic mass is 35.5. The van der Waals surface area contributed by atoms with Crippen LogP contribution in [0.3, 0.4) is 0 Å². The zero-order chi connectivity index (χ0) is 46.3. The molecule has 0 aliphatic carbocycles. The molecule has 4 amide bonds. The molecule has 4 heterocycles. The Bertz CT molecular complexity index is 2650. The summed E-state index contributed by atoms with van der Waals surface area (Å²) in [4.78, 5) is 71.7. The van der Waals surface area contributed by atoms with E-state index in [1.165, 1.54) is 19.8 Å². The Morgan fingerprint density at radius 3 is 1.94 bits per heavy atom. The van der Waals surface area contributed by atoms with Crippen LogP contribution in [0.2, 0.25) is 0 Å². The number of benzene rings is 3. The zero-order valence-corrected chi connectivity index (χ0v) is 40.4. The fourth-order valence-corrected chi connectivity index (χ4v) is 8.41. The van der Waals surface area contributed by atoms with Gasteiger partial charge in [-0.1, -0.05) is 101 Å². The van der Waals surface area contributed by atoms with Crippen molar-refractivity contribution in [2.24, 2.45) is 5.92 Å². The molecule has 5 aromatic rings. The van der Waals surface area contributed by atoms with Crippen molar-refractivity contribution in [3.63, 3.8) is 0 Å². The SMILES string of the molecule is COC(=O)NC(C(=O)N1CCCC1c1ncc(C#CC#Cc2ccc(-c3cnc(C4CCCN4C(=O)[C@@H](NC(=O)OC)C(C)C)[nH]3)cc2-c2ccc(C(C)(C)C)cc2)[nH]1)c1ccccc1.Cl.Cl. The molecule has 16 heteroatoms. The van der Waals surface area contributed by atoms with Gasteiger partial charge in [0.1, 0.15) is 29.4 Å². The average Bonchev–Trinajstić information content (AvgIpc) is 4.16. The molecule has 67 heavy (non-hydrogen) atoms. The van der Waals surface area contributed by atoms with Gasteiger partial charge in [-0.2, -0.15) is 0 Å². The smallest absolute Gasteiger partial charge is 0.407 e. The van der Waals surface area contributed by atoms with Gasteiger partial charge in [-0.3, -0.25) is 9.59 Å². The second kappa shape index (κ2) is 22.6. The van der Waals surface area contributed by atoms with E-state index in [1.807, 2.05) is 44.2 Å². The molecular formula is C51H58Cl2N8O6. The van der Waals surface area contributed by atoms with Crippen LogP contribution in [-0.2, 0) is 24.5 Å². The lowest BCUT2D eigenvalue weighted by Gasteiger charge is -2.30. The number of H-pyrrole nitrogens is 2. The van der Waals surface area contributed by atoms with Crippen molar-refractivity contribution < 1.29 is 28.7 Å². The molecule has 0 spiro atoms. The molecule has 2 fully saturated rings. The van der Waals surface area contributed by atoms with Gasteiger partial charge < -0.3 is 39.9 Å². The summed E-state index contributed by atoms with van der Waals surface area (Å²) in [5, 5.41) is 5.41. The molecule has 3 aromatic carbocycles. The molecule has 0 saturated carbocycles. The summed E-state index contributed by atoms with van der Waals surface area (Å²) in [7, 11) is 2.55. The minimum atomic E-state index is -0.914. The summed E-state index contributed by atoms with van der Waals surface area (Å²) >= 11 is 0. The van der Waals surface area contributed by atoms with E-state index in [4.69, 9.17) is 14.5 Å². The molecule has 3 unspecified atom stereocenters. The summed E-state index contributed by atoms with van der Waals surface area (Å²) in [6, 6.07) is 21.4. The van der Waals surface area contributed by atoms with Gasteiger partial charge in [0, 0.05) is 24.2 Å². The molecular weight excluding hydrogens is 892 g/mol. The first-order chi connectivity index (χ1) is 31.2. The summed E-state index contributed by atoms with van der Waals surface area (Å²) in [6.07, 6.45) is 5.14. The minimum absolute atomic E-state index is 0. The number of rotatable bonds is 10. The zero-order valence-electron chi connectivity index (χ0n) is 38.8. The average molecular weight is 950 g/mol. The van der Waals surface area contributed by atoms with E-state index in [2.05, 4.69) is 100 Å². The first-order valence-electron chi connectivity index (χ1n) is 22.0. The molecule has 2 saturated heterocycles. The van der Waals surface area contributed by atoms with Crippen molar-refractivity contribution in [2.75, 3.05) is 27.3 Å². The number of amides is 4. The van der Waals surface area contributed by atoms with Gasteiger partial charge in [-0.25, -0.2) is 19.6 Å². The molecule has 0 bridgehead atoms. The van der Waals surface area contributed by atoms with Gasteiger partial charge in [0.25, 0.3) is 5.91 Å². The van der Waals surface area contributed by atoms with Crippen molar-refractivity contribution in [1.82, 2.24) is 40.4 Å². The third-order valence-corrected chi connectivity index (χ3v) is 12.0. The Morgan fingerprint density at radius 2 is 1.31 bits per heavy atom. The number of hydrogen-bond acceptors (Lipinski definition) is 8. The van der Waals surface area contributed by atoms with E-state index in [0.29, 0.717) is 42.4 Å². The molecule has 2 aromatic heterocycles. The van der Waals surface area contributed by atoms with Crippen molar-refractivity contribution in [2.45, 2.75) is 89.9 Å². The topological polar surface area (TPSA) is 175 Å². The van der Waals surface area contributed by atoms with Gasteiger partial charge in [-0.05, 0) is 89.2 Å². The Morgan fingerprint density at radius 1 is 0.731 bits per heavy atom. The highest BCUT2D eigenvalue weighted by molar-refractivity contribution is 5.88. The molecule has 4 atom stereocenters.